The molecule has 95 heavy (non-hydrogen) atoms. The van der Waals surface area contributed by atoms with E-state index in [0.29, 0.717) is 31.6 Å². The zero-order valence-electron chi connectivity index (χ0n) is 62.3. The van der Waals surface area contributed by atoms with Crippen molar-refractivity contribution in [3.05, 3.63) is 0 Å². The van der Waals surface area contributed by atoms with E-state index in [4.69, 9.17) is 37.0 Å². The zero-order chi connectivity index (χ0) is 70.3. The van der Waals surface area contributed by atoms with Crippen LogP contribution in [-0.2, 0) is 65.4 Å². The van der Waals surface area contributed by atoms with Crippen LogP contribution < -0.4 is 0 Å². The van der Waals surface area contributed by atoms with Gasteiger partial charge in [-0.25, -0.2) is 9.13 Å². The molecule has 0 spiro atoms. The molecule has 0 aromatic heterocycles. The number of hydrogen-bond donors (Lipinski definition) is 3. The Morgan fingerprint density at radius 3 is 0.747 bits per heavy atom. The first-order valence-electron chi connectivity index (χ1n) is 39.3. The molecule has 17 nitrogen and oxygen atoms in total. The quantitative estimate of drug-likeness (QED) is 0.0222. The highest BCUT2D eigenvalue weighted by atomic mass is 31.2. The molecular weight excluding hydrogens is 1250 g/mol. The normalized spacial score (nSPS) is 15.0. The Morgan fingerprint density at radius 2 is 0.505 bits per heavy atom. The van der Waals surface area contributed by atoms with Crippen LogP contribution in [0.5, 0.6) is 0 Å². The average molecular weight is 1400 g/mol. The number of carbonyl (C=O) groups excluding carboxylic acids is 4. The monoisotopic (exact) mass is 1400 g/mol. The third-order valence-corrected chi connectivity index (χ3v) is 20.6. The fourth-order valence-corrected chi connectivity index (χ4v) is 13.0. The Bertz CT molecular complexity index is 1870. The topological polar surface area (TPSA) is 237 Å². The molecule has 0 aromatic carbocycles. The van der Waals surface area contributed by atoms with Gasteiger partial charge in [-0.15, -0.1) is 0 Å². The number of hydrogen-bond acceptors (Lipinski definition) is 15. The van der Waals surface area contributed by atoms with E-state index < -0.39 is 97.5 Å². The maximum atomic E-state index is 13.1. The first kappa shape index (κ1) is 93.1. The fraction of sp³-hybridized carbons (Fsp3) is 0.947. The number of rotatable bonds is 73. The smallest absolute Gasteiger partial charge is 0.462 e. The van der Waals surface area contributed by atoms with Crippen LogP contribution in [0.4, 0.5) is 0 Å². The van der Waals surface area contributed by atoms with Gasteiger partial charge in [-0.3, -0.25) is 37.3 Å². The lowest BCUT2D eigenvalue weighted by Crippen LogP contribution is -2.30. The van der Waals surface area contributed by atoms with Crippen molar-refractivity contribution in [2.45, 2.75) is 401 Å². The number of unbranched alkanes of at least 4 members (excludes halogenated alkanes) is 36. The first-order chi connectivity index (χ1) is 45.7. The molecule has 0 heterocycles. The largest absolute Gasteiger partial charge is 0.472 e. The van der Waals surface area contributed by atoms with Crippen LogP contribution in [0.15, 0.2) is 0 Å². The second kappa shape index (κ2) is 65.4. The summed E-state index contributed by atoms with van der Waals surface area (Å²) in [6.45, 7) is 14.2. The molecule has 564 valence electrons. The Labute approximate surface area is 581 Å². The summed E-state index contributed by atoms with van der Waals surface area (Å²) in [5.41, 5.74) is 0. The van der Waals surface area contributed by atoms with Crippen LogP contribution >= 0.6 is 15.6 Å². The fourth-order valence-electron chi connectivity index (χ4n) is 11.5. The molecule has 0 aromatic rings. The van der Waals surface area contributed by atoms with Gasteiger partial charge in [0.2, 0.25) is 0 Å². The average Bonchev–Trinajstić information content (AvgIpc) is 1.76. The van der Waals surface area contributed by atoms with Crippen LogP contribution in [-0.4, -0.2) is 96.7 Å². The summed E-state index contributed by atoms with van der Waals surface area (Å²) in [7, 11) is -9.91. The SMILES string of the molecule is CCC(C)CCCCCCCCCCCCCCCCC(=O)OC[C@H](COP(=O)(O)OC[C@@H](O)COP(=O)(O)OC[C@@H](COC(=O)CCCCCCCCC(C)C)OC(=O)CCCCCCCCCCCCC(C)CC)OC(=O)CCCCCCCCCCCCC(C)CC. The van der Waals surface area contributed by atoms with Gasteiger partial charge < -0.3 is 33.8 Å². The van der Waals surface area contributed by atoms with Crippen LogP contribution in [0.3, 0.4) is 0 Å². The molecule has 19 heteroatoms. The number of aliphatic hydroxyl groups is 1. The molecule has 0 aliphatic rings. The maximum Gasteiger partial charge on any atom is 0.472 e. The summed E-state index contributed by atoms with van der Waals surface area (Å²) >= 11 is 0. The van der Waals surface area contributed by atoms with Crippen molar-refractivity contribution in [3.63, 3.8) is 0 Å². The first-order valence-corrected chi connectivity index (χ1v) is 42.3. The van der Waals surface area contributed by atoms with Crippen LogP contribution in [0.2, 0.25) is 0 Å². The zero-order valence-corrected chi connectivity index (χ0v) is 64.1. The molecule has 0 radical (unpaired) electrons. The third kappa shape index (κ3) is 66.4. The summed E-state index contributed by atoms with van der Waals surface area (Å²) in [5, 5.41) is 10.6. The number of carbonyl (C=O) groups is 4. The minimum absolute atomic E-state index is 0.105. The van der Waals surface area contributed by atoms with E-state index in [2.05, 4.69) is 55.4 Å². The van der Waals surface area contributed by atoms with Gasteiger partial charge in [0.1, 0.15) is 19.3 Å². The minimum atomic E-state index is -4.96. The highest BCUT2D eigenvalue weighted by Gasteiger charge is 2.30. The van der Waals surface area contributed by atoms with Gasteiger partial charge in [0.15, 0.2) is 12.2 Å². The van der Waals surface area contributed by atoms with Crippen molar-refractivity contribution in [1.29, 1.82) is 0 Å². The van der Waals surface area contributed by atoms with E-state index in [1.165, 1.54) is 180 Å². The Balaban J connectivity index is 5.24. The van der Waals surface area contributed by atoms with Gasteiger partial charge in [-0.1, -0.05) is 331 Å². The van der Waals surface area contributed by atoms with Gasteiger partial charge in [0.05, 0.1) is 26.4 Å². The molecule has 0 rings (SSSR count). The molecule has 3 N–H and O–H groups in total. The van der Waals surface area contributed by atoms with Gasteiger partial charge in [-0.05, 0) is 49.4 Å². The standard InChI is InChI=1S/C76H148O17P2/c1-9-67(6)53-45-37-28-22-16-14-12-13-15-17-25-31-40-48-56-73(78)86-62-71(92-75(80)58-50-42-32-26-20-18-23-29-38-46-54-68(7)10-2)64-90-94(82,83)88-60-70(77)61-89-95(84,85)91-65-72(63-87-74(79)57-49-41-35-34-36-44-52-66(4)5)93-76(81)59-51-43-33-27-21-19-24-30-39-47-55-69(8)11-3/h66-72,77H,9-65H2,1-8H3,(H,82,83)(H,84,85)/t67?,68?,69?,70-,71-,72-/m1/s1. The lowest BCUT2D eigenvalue weighted by Gasteiger charge is -2.21. The molecule has 0 bridgehead atoms. The molecule has 5 unspecified atom stereocenters. The molecular formula is C76H148O17P2. The highest BCUT2D eigenvalue weighted by Crippen LogP contribution is 2.45. The van der Waals surface area contributed by atoms with Crippen molar-refractivity contribution >= 4 is 39.5 Å². The molecule has 0 saturated heterocycles. The van der Waals surface area contributed by atoms with E-state index in [-0.39, 0.29) is 25.7 Å². The predicted molar refractivity (Wildman–Crippen MR) is 386 cm³/mol. The van der Waals surface area contributed by atoms with Crippen molar-refractivity contribution < 1.29 is 80.2 Å². The molecule has 8 atom stereocenters. The Hall–Kier alpha value is -1.94. The van der Waals surface area contributed by atoms with Gasteiger partial charge in [0, 0.05) is 25.7 Å². The molecule has 0 aliphatic carbocycles. The number of esters is 4. The Morgan fingerprint density at radius 1 is 0.295 bits per heavy atom. The van der Waals surface area contributed by atoms with E-state index in [0.717, 1.165) is 114 Å². The number of ether oxygens (including phenoxy) is 4. The lowest BCUT2D eigenvalue weighted by atomic mass is 9.99. The summed E-state index contributed by atoms with van der Waals surface area (Å²) in [5.74, 6) is 1.01. The summed E-state index contributed by atoms with van der Waals surface area (Å²) in [4.78, 5) is 72.8. The Kier molecular flexibility index (Phi) is 64.0. The number of aliphatic hydroxyl groups excluding tert-OH is 1. The van der Waals surface area contributed by atoms with Crippen molar-refractivity contribution in [2.24, 2.45) is 23.7 Å². The molecule has 0 amide bonds. The van der Waals surface area contributed by atoms with Crippen LogP contribution in [0, 0.1) is 23.7 Å². The predicted octanol–water partition coefficient (Wildman–Crippen LogP) is 22.0. The maximum absolute atomic E-state index is 13.1. The van der Waals surface area contributed by atoms with Crippen molar-refractivity contribution in [2.75, 3.05) is 39.6 Å². The van der Waals surface area contributed by atoms with E-state index in [9.17, 15) is 43.2 Å². The number of phosphoric ester groups is 2. The number of phosphoric acid groups is 2. The molecule has 0 aliphatic heterocycles. The molecule has 0 fully saturated rings. The summed E-state index contributed by atoms with van der Waals surface area (Å²) in [6.07, 6.45) is 49.9. The van der Waals surface area contributed by atoms with Gasteiger partial charge >= 0.3 is 39.5 Å². The summed E-state index contributed by atoms with van der Waals surface area (Å²) in [6, 6.07) is 0. The lowest BCUT2D eigenvalue weighted by molar-refractivity contribution is -0.161. The van der Waals surface area contributed by atoms with E-state index in [1.54, 1.807) is 0 Å². The van der Waals surface area contributed by atoms with Crippen molar-refractivity contribution in [3.8, 4) is 0 Å². The van der Waals surface area contributed by atoms with Crippen LogP contribution in [0.1, 0.15) is 383 Å². The van der Waals surface area contributed by atoms with E-state index in [1.807, 2.05) is 0 Å². The van der Waals surface area contributed by atoms with Crippen molar-refractivity contribution in [1.82, 2.24) is 0 Å². The highest BCUT2D eigenvalue weighted by molar-refractivity contribution is 7.47. The molecule has 0 saturated carbocycles. The van der Waals surface area contributed by atoms with E-state index >= 15 is 0 Å². The second-order valence-electron chi connectivity index (χ2n) is 28.6. The third-order valence-electron chi connectivity index (χ3n) is 18.7. The van der Waals surface area contributed by atoms with Gasteiger partial charge in [-0.2, -0.15) is 0 Å². The second-order valence-corrected chi connectivity index (χ2v) is 31.5. The summed E-state index contributed by atoms with van der Waals surface area (Å²) < 4.78 is 68.5. The van der Waals surface area contributed by atoms with Crippen LogP contribution in [0.25, 0.3) is 0 Å². The van der Waals surface area contributed by atoms with Gasteiger partial charge in [0.25, 0.3) is 0 Å². The minimum Gasteiger partial charge on any atom is -0.462 e.